The molecule has 7 heteroatoms. The molecular weight excluding hydrogens is 351 g/mol. The molecular formula is C20H21FN2O4. The van der Waals surface area contributed by atoms with Crippen LogP contribution in [-0.2, 0) is 16.0 Å². The van der Waals surface area contributed by atoms with Crippen LogP contribution < -0.4 is 14.8 Å². The Morgan fingerprint density at radius 3 is 2.59 bits per heavy atom. The van der Waals surface area contributed by atoms with E-state index in [9.17, 15) is 14.0 Å². The van der Waals surface area contributed by atoms with Crippen LogP contribution in [0.2, 0.25) is 0 Å². The average molecular weight is 372 g/mol. The molecule has 1 N–H and O–H groups in total. The highest BCUT2D eigenvalue weighted by molar-refractivity contribution is 6.06. The summed E-state index contributed by atoms with van der Waals surface area (Å²) in [5.74, 6) is 0.273. The Hall–Kier alpha value is -3.09. The number of nitrogens with zero attached hydrogens (tertiary/aromatic N) is 1. The highest BCUT2D eigenvalue weighted by Gasteiger charge is 2.38. The van der Waals surface area contributed by atoms with Gasteiger partial charge in [-0.3, -0.25) is 14.5 Å². The van der Waals surface area contributed by atoms with Crippen LogP contribution in [0.1, 0.15) is 12.0 Å². The van der Waals surface area contributed by atoms with Crippen molar-refractivity contribution in [2.45, 2.75) is 18.9 Å². The number of amides is 2. The Balaban J connectivity index is 1.64. The standard InChI is InChI=1S/C20H21FN2O4/c1-26-17-7-6-13(10-18(17)27-2)8-9-23-19(24)12-16(20(23)25)22-15-5-3-4-14(21)11-15/h3-7,10-11,16,22H,8-9,12H2,1-2H3/t16-/m0/s1. The number of anilines is 1. The van der Waals surface area contributed by atoms with Gasteiger partial charge in [0.2, 0.25) is 5.91 Å². The summed E-state index contributed by atoms with van der Waals surface area (Å²) in [6.45, 7) is 0.272. The molecule has 0 aliphatic carbocycles. The molecule has 2 aromatic carbocycles. The predicted octanol–water partition coefficient (Wildman–Crippen LogP) is 2.63. The third-order valence-corrected chi connectivity index (χ3v) is 4.48. The lowest BCUT2D eigenvalue weighted by Crippen LogP contribution is -2.36. The molecule has 0 radical (unpaired) electrons. The summed E-state index contributed by atoms with van der Waals surface area (Å²) in [7, 11) is 3.11. The molecule has 0 unspecified atom stereocenters. The first-order valence-electron chi connectivity index (χ1n) is 8.59. The van der Waals surface area contributed by atoms with Crippen LogP contribution in [0.3, 0.4) is 0 Å². The SMILES string of the molecule is COc1ccc(CCN2C(=O)C[C@H](Nc3cccc(F)c3)C2=O)cc1OC. The minimum atomic E-state index is -0.676. The first-order chi connectivity index (χ1) is 13.0. The summed E-state index contributed by atoms with van der Waals surface area (Å²) in [6, 6.07) is 10.6. The first kappa shape index (κ1) is 18.7. The molecule has 0 aromatic heterocycles. The van der Waals surface area contributed by atoms with E-state index in [4.69, 9.17) is 9.47 Å². The number of nitrogens with one attached hydrogen (secondary N) is 1. The van der Waals surface area contributed by atoms with E-state index in [0.717, 1.165) is 5.56 Å². The van der Waals surface area contributed by atoms with Crippen molar-refractivity contribution in [1.82, 2.24) is 4.90 Å². The fourth-order valence-corrected chi connectivity index (χ4v) is 3.09. The minimum absolute atomic E-state index is 0.0568. The third-order valence-electron chi connectivity index (χ3n) is 4.48. The van der Waals surface area contributed by atoms with Crippen LogP contribution >= 0.6 is 0 Å². The van der Waals surface area contributed by atoms with Crippen molar-refractivity contribution in [3.05, 3.63) is 53.8 Å². The number of hydrogen-bond acceptors (Lipinski definition) is 5. The van der Waals surface area contributed by atoms with Gasteiger partial charge in [-0.05, 0) is 42.3 Å². The summed E-state index contributed by atoms with van der Waals surface area (Å²) in [4.78, 5) is 26.0. The van der Waals surface area contributed by atoms with Gasteiger partial charge in [0.05, 0.1) is 20.6 Å². The fraction of sp³-hybridized carbons (Fsp3) is 0.300. The first-order valence-corrected chi connectivity index (χ1v) is 8.59. The molecule has 1 aliphatic rings. The Morgan fingerprint density at radius 2 is 1.89 bits per heavy atom. The zero-order chi connectivity index (χ0) is 19.4. The van der Waals surface area contributed by atoms with Crippen LogP contribution in [0.15, 0.2) is 42.5 Å². The van der Waals surface area contributed by atoms with Gasteiger partial charge < -0.3 is 14.8 Å². The number of halogens is 1. The summed E-state index contributed by atoms with van der Waals surface area (Å²) < 4.78 is 23.8. The minimum Gasteiger partial charge on any atom is -0.493 e. The second kappa shape index (κ2) is 8.07. The van der Waals surface area contributed by atoms with Crippen LogP contribution in [0.25, 0.3) is 0 Å². The number of ether oxygens (including phenoxy) is 2. The molecule has 0 bridgehead atoms. The number of rotatable bonds is 7. The molecule has 142 valence electrons. The second-order valence-electron chi connectivity index (χ2n) is 6.23. The van der Waals surface area contributed by atoms with Crippen LogP contribution in [0, 0.1) is 5.82 Å². The van der Waals surface area contributed by atoms with Gasteiger partial charge in [-0.1, -0.05) is 12.1 Å². The Kier molecular flexibility index (Phi) is 5.59. The summed E-state index contributed by atoms with van der Waals surface area (Å²) in [5.41, 5.74) is 1.40. The lowest BCUT2D eigenvalue weighted by atomic mass is 10.1. The highest BCUT2D eigenvalue weighted by atomic mass is 19.1. The number of likely N-dealkylation sites (tertiary alicyclic amines) is 1. The number of imide groups is 1. The predicted molar refractivity (Wildman–Crippen MR) is 98.4 cm³/mol. The van der Waals surface area contributed by atoms with Crippen molar-refractivity contribution in [1.29, 1.82) is 0 Å². The molecule has 1 saturated heterocycles. The molecule has 3 rings (SSSR count). The van der Waals surface area contributed by atoms with Gasteiger partial charge in [0.15, 0.2) is 11.5 Å². The van der Waals surface area contributed by atoms with Crippen LogP contribution in [0.5, 0.6) is 11.5 Å². The van der Waals surface area contributed by atoms with Crippen molar-refractivity contribution in [3.63, 3.8) is 0 Å². The number of benzene rings is 2. The van der Waals surface area contributed by atoms with Crippen molar-refractivity contribution >= 4 is 17.5 Å². The molecule has 1 heterocycles. The molecule has 0 spiro atoms. The summed E-state index contributed by atoms with van der Waals surface area (Å²) in [6.07, 6.45) is 0.561. The quantitative estimate of drug-likeness (QED) is 0.757. The Morgan fingerprint density at radius 1 is 1.11 bits per heavy atom. The maximum absolute atomic E-state index is 13.3. The van der Waals surface area contributed by atoms with E-state index >= 15 is 0 Å². The Labute approximate surface area is 156 Å². The zero-order valence-corrected chi connectivity index (χ0v) is 15.2. The van der Waals surface area contributed by atoms with E-state index in [0.29, 0.717) is 23.6 Å². The third kappa shape index (κ3) is 4.19. The van der Waals surface area contributed by atoms with Gasteiger partial charge in [0.25, 0.3) is 5.91 Å². The molecule has 0 saturated carbocycles. The Bertz CT molecular complexity index is 856. The monoisotopic (exact) mass is 372 g/mol. The average Bonchev–Trinajstić information content (AvgIpc) is 2.92. The van der Waals surface area contributed by atoms with Crippen LogP contribution in [-0.4, -0.2) is 43.5 Å². The van der Waals surface area contributed by atoms with E-state index in [1.165, 1.54) is 17.0 Å². The van der Waals surface area contributed by atoms with Gasteiger partial charge in [-0.25, -0.2) is 4.39 Å². The van der Waals surface area contributed by atoms with Gasteiger partial charge in [-0.2, -0.15) is 0 Å². The topological polar surface area (TPSA) is 67.9 Å². The molecule has 2 amide bonds. The maximum atomic E-state index is 13.3. The fourth-order valence-electron chi connectivity index (χ4n) is 3.09. The summed E-state index contributed by atoms with van der Waals surface area (Å²) >= 11 is 0. The van der Waals surface area contributed by atoms with Crippen molar-refractivity contribution in [2.24, 2.45) is 0 Å². The smallest absolute Gasteiger partial charge is 0.252 e. The second-order valence-corrected chi connectivity index (χ2v) is 6.23. The lowest BCUT2D eigenvalue weighted by Gasteiger charge is -2.16. The summed E-state index contributed by atoms with van der Waals surface area (Å²) in [5, 5.41) is 2.93. The van der Waals surface area contributed by atoms with E-state index in [1.807, 2.05) is 12.1 Å². The van der Waals surface area contributed by atoms with Crippen LogP contribution in [0.4, 0.5) is 10.1 Å². The van der Waals surface area contributed by atoms with Gasteiger partial charge in [-0.15, -0.1) is 0 Å². The van der Waals surface area contributed by atoms with Crippen molar-refractivity contribution < 1.29 is 23.5 Å². The highest BCUT2D eigenvalue weighted by Crippen LogP contribution is 2.28. The molecule has 1 atom stereocenters. The molecule has 6 nitrogen and oxygen atoms in total. The maximum Gasteiger partial charge on any atom is 0.252 e. The number of hydrogen-bond donors (Lipinski definition) is 1. The van der Waals surface area contributed by atoms with E-state index in [2.05, 4.69) is 5.32 Å². The van der Waals surface area contributed by atoms with Gasteiger partial charge in [0.1, 0.15) is 11.9 Å². The van der Waals surface area contributed by atoms with Crippen molar-refractivity contribution in [3.8, 4) is 11.5 Å². The zero-order valence-electron chi connectivity index (χ0n) is 15.2. The molecule has 27 heavy (non-hydrogen) atoms. The normalized spacial score (nSPS) is 16.6. The van der Waals surface area contributed by atoms with E-state index in [1.54, 1.807) is 32.4 Å². The molecule has 1 aliphatic heterocycles. The van der Waals surface area contributed by atoms with Gasteiger partial charge in [0, 0.05) is 12.2 Å². The largest absolute Gasteiger partial charge is 0.493 e. The van der Waals surface area contributed by atoms with E-state index in [-0.39, 0.29) is 24.8 Å². The van der Waals surface area contributed by atoms with E-state index < -0.39 is 11.9 Å². The number of carbonyl (C=O) groups excluding carboxylic acids is 2. The van der Waals surface area contributed by atoms with Gasteiger partial charge >= 0.3 is 0 Å². The van der Waals surface area contributed by atoms with Crippen molar-refractivity contribution in [2.75, 3.05) is 26.1 Å². The molecule has 2 aromatic rings. The lowest BCUT2D eigenvalue weighted by molar-refractivity contribution is -0.138. The number of carbonyl (C=O) groups is 2. The number of methoxy groups -OCH3 is 2. The molecule has 1 fully saturated rings.